The highest BCUT2D eigenvalue weighted by Crippen LogP contribution is 2.37. The van der Waals surface area contributed by atoms with Crippen LogP contribution in [0.1, 0.15) is 54.5 Å². The summed E-state index contributed by atoms with van der Waals surface area (Å²) < 4.78 is 56.6. The average Bonchev–Trinajstić information content (AvgIpc) is 3.62. The topological polar surface area (TPSA) is 105 Å². The van der Waals surface area contributed by atoms with Crippen LogP contribution in [0.5, 0.6) is 11.5 Å². The number of aryl methyl sites for hydroxylation is 1. The molecule has 3 heterocycles. The Morgan fingerprint density at radius 2 is 1.32 bits per heavy atom. The SMILES string of the molecule is CCCN1C[C@H](COS(=O)(=O)c2ccc(C)cc2)O[C@@H]2Cc3c(cccc3OC)C[C@H]21.CCCN1C[C@H](Cn2cc(Cl)cn2)O[C@@H]2Cc3c(cccc3OC)C[C@H]21. The van der Waals surface area contributed by atoms with Gasteiger partial charge >= 0.3 is 0 Å². The molecule has 4 aliphatic rings. The Kier molecular flexibility index (Phi) is 13.6. The first-order chi connectivity index (χ1) is 27.6. The first kappa shape index (κ1) is 41.7. The van der Waals surface area contributed by atoms with Gasteiger partial charge in [-0.25, -0.2) is 0 Å². The molecule has 0 bridgehead atoms. The van der Waals surface area contributed by atoms with Crippen LogP contribution in [0.4, 0.5) is 0 Å². The van der Waals surface area contributed by atoms with Crippen molar-refractivity contribution in [2.24, 2.45) is 0 Å². The van der Waals surface area contributed by atoms with Crippen molar-refractivity contribution in [2.75, 3.05) is 47.0 Å². The molecular weight excluding hydrogens is 764 g/mol. The summed E-state index contributed by atoms with van der Waals surface area (Å²) in [7, 11) is -0.372. The van der Waals surface area contributed by atoms with Gasteiger partial charge in [0.05, 0.1) is 67.9 Å². The van der Waals surface area contributed by atoms with Gasteiger partial charge < -0.3 is 18.9 Å². The molecule has 0 amide bonds. The first-order valence-corrected chi connectivity index (χ1v) is 22.1. The lowest BCUT2D eigenvalue weighted by atomic mass is 9.83. The molecule has 0 saturated carbocycles. The molecular formula is C44H57ClN4O7S. The van der Waals surface area contributed by atoms with Gasteiger partial charge in [0.15, 0.2) is 0 Å². The maximum atomic E-state index is 12.6. The van der Waals surface area contributed by atoms with Gasteiger partial charge in [-0.05, 0) is 92.2 Å². The number of hydrogen-bond donors (Lipinski definition) is 0. The summed E-state index contributed by atoms with van der Waals surface area (Å²) >= 11 is 6.01. The second-order valence-electron chi connectivity index (χ2n) is 15.7. The Hall–Kier alpha value is -3.49. The highest BCUT2D eigenvalue weighted by molar-refractivity contribution is 7.86. The molecule has 2 fully saturated rings. The molecule has 11 nitrogen and oxygen atoms in total. The number of rotatable bonds is 12. The fourth-order valence-electron chi connectivity index (χ4n) is 9.09. The van der Waals surface area contributed by atoms with E-state index in [-0.39, 0.29) is 42.0 Å². The lowest BCUT2D eigenvalue weighted by molar-refractivity contribution is -0.132. The van der Waals surface area contributed by atoms with Gasteiger partial charge in [-0.1, -0.05) is 67.4 Å². The number of benzene rings is 3. The second kappa shape index (κ2) is 18.6. The minimum Gasteiger partial charge on any atom is -0.496 e. The number of fused-ring (bicyclic) bond motifs is 4. The van der Waals surface area contributed by atoms with Crippen LogP contribution in [0, 0.1) is 6.92 Å². The van der Waals surface area contributed by atoms with Crippen LogP contribution in [0.2, 0.25) is 5.02 Å². The van der Waals surface area contributed by atoms with E-state index < -0.39 is 10.1 Å². The number of aromatic nitrogens is 2. The number of hydrogen-bond acceptors (Lipinski definition) is 10. The van der Waals surface area contributed by atoms with Gasteiger partial charge in [-0.15, -0.1) is 0 Å². The standard InChI is InChI=1S/C24H31NO5S.C20H26ClN3O2/c1-4-12-25-15-19(16-29-31(26,27)20-10-8-17(2)9-11-20)30-24-14-21-18(13-22(24)25)6-5-7-23(21)28-3;1-3-7-23-12-16(13-24-11-15(21)10-22-24)26-20-9-17-14(8-18(20)23)5-4-6-19(17)25-2/h5-11,19,22,24H,4,12-16H2,1-3H3;4-6,10-11,16,18,20H,3,7-9,12-13H2,1-2H3/t19-,22-,24-;16-,18-,20-/m11/s1. The Bertz CT molecular complexity index is 2060. The third-order valence-electron chi connectivity index (χ3n) is 11.7. The van der Waals surface area contributed by atoms with E-state index in [4.69, 9.17) is 34.7 Å². The summed E-state index contributed by atoms with van der Waals surface area (Å²) in [6.07, 6.45) is 9.31. The maximum Gasteiger partial charge on any atom is 0.297 e. The Balaban J connectivity index is 0.000000177. The van der Waals surface area contributed by atoms with Gasteiger partial charge in [0.2, 0.25) is 0 Å². The molecule has 2 aliphatic heterocycles. The van der Waals surface area contributed by atoms with Crippen molar-refractivity contribution in [3.63, 3.8) is 0 Å². The lowest BCUT2D eigenvalue weighted by Gasteiger charge is -2.47. The third kappa shape index (κ3) is 9.70. The van der Waals surface area contributed by atoms with E-state index in [1.807, 2.05) is 29.9 Å². The number of morpholine rings is 2. The summed E-state index contributed by atoms with van der Waals surface area (Å²) in [4.78, 5) is 5.21. The zero-order valence-corrected chi connectivity index (χ0v) is 35.4. The highest BCUT2D eigenvalue weighted by atomic mass is 35.5. The molecule has 0 unspecified atom stereocenters. The van der Waals surface area contributed by atoms with Gasteiger partial charge in [0.25, 0.3) is 10.1 Å². The van der Waals surface area contributed by atoms with Gasteiger partial charge in [-0.3, -0.25) is 18.7 Å². The van der Waals surface area contributed by atoms with Crippen molar-refractivity contribution in [2.45, 2.75) is 107 Å². The molecule has 6 atom stereocenters. The van der Waals surface area contributed by atoms with Gasteiger partial charge in [0, 0.05) is 44.2 Å². The molecule has 2 aliphatic carbocycles. The summed E-state index contributed by atoms with van der Waals surface area (Å²) in [5, 5.41) is 4.98. The smallest absolute Gasteiger partial charge is 0.297 e. The normalized spacial score (nSPS) is 24.6. The number of nitrogens with zero attached hydrogens (tertiary/aromatic N) is 4. The van der Waals surface area contributed by atoms with Crippen LogP contribution in [0.25, 0.3) is 0 Å². The Morgan fingerprint density at radius 1 is 0.772 bits per heavy atom. The van der Waals surface area contributed by atoms with Crippen LogP contribution in [0.3, 0.4) is 0 Å². The maximum absolute atomic E-state index is 12.6. The predicted molar refractivity (Wildman–Crippen MR) is 221 cm³/mol. The summed E-state index contributed by atoms with van der Waals surface area (Å²) in [5.74, 6) is 1.87. The fourth-order valence-corrected chi connectivity index (χ4v) is 10.2. The van der Waals surface area contributed by atoms with E-state index in [1.54, 1.807) is 44.7 Å². The highest BCUT2D eigenvalue weighted by Gasteiger charge is 2.42. The lowest BCUT2D eigenvalue weighted by Crippen LogP contribution is -2.59. The van der Waals surface area contributed by atoms with Crippen LogP contribution in [0.15, 0.2) is 78.0 Å². The quantitative estimate of drug-likeness (QED) is 0.146. The summed E-state index contributed by atoms with van der Waals surface area (Å²) in [6, 6.07) is 20.0. The van der Waals surface area contributed by atoms with Crippen molar-refractivity contribution < 1.29 is 31.5 Å². The summed E-state index contributed by atoms with van der Waals surface area (Å²) in [6.45, 7) is 10.7. The number of ether oxygens (including phenoxy) is 4. The van der Waals surface area contributed by atoms with Crippen molar-refractivity contribution in [1.29, 1.82) is 0 Å². The molecule has 308 valence electrons. The monoisotopic (exact) mass is 820 g/mol. The fraction of sp³-hybridized carbons (Fsp3) is 0.523. The minimum atomic E-state index is -3.81. The van der Waals surface area contributed by atoms with Gasteiger partial charge in [0.1, 0.15) is 11.5 Å². The molecule has 8 rings (SSSR count). The van der Waals surface area contributed by atoms with E-state index in [0.29, 0.717) is 17.6 Å². The van der Waals surface area contributed by atoms with Crippen molar-refractivity contribution in [1.82, 2.24) is 19.6 Å². The van der Waals surface area contributed by atoms with Crippen LogP contribution < -0.4 is 9.47 Å². The Morgan fingerprint density at radius 3 is 1.82 bits per heavy atom. The van der Waals surface area contributed by atoms with Crippen LogP contribution in [-0.4, -0.2) is 112 Å². The molecule has 1 aromatic heterocycles. The van der Waals surface area contributed by atoms with Crippen molar-refractivity contribution in [3.05, 3.63) is 106 Å². The van der Waals surface area contributed by atoms with Crippen LogP contribution in [-0.2, 0) is 56.0 Å². The largest absolute Gasteiger partial charge is 0.496 e. The molecule has 2 saturated heterocycles. The molecule has 0 spiro atoms. The zero-order chi connectivity index (χ0) is 40.1. The first-order valence-electron chi connectivity index (χ1n) is 20.3. The van der Waals surface area contributed by atoms with Crippen LogP contribution >= 0.6 is 11.6 Å². The molecule has 4 aromatic rings. The van der Waals surface area contributed by atoms with E-state index >= 15 is 0 Å². The van der Waals surface area contributed by atoms with Crippen molar-refractivity contribution >= 4 is 21.7 Å². The minimum absolute atomic E-state index is 0.0123. The molecule has 57 heavy (non-hydrogen) atoms. The average molecular weight is 821 g/mol. The molecule has 13 heteroatoms. The van der Waals surface area contributed by atoms with E-state index in [9.17, 15) is 8.42 Å². The van der Waals surface area contributed by atoms with Crippen molar-refractivity contribution in [3.8, 4) is 11.5 Å². The van der Waals surface area contributed by atoms with E-state index in [0.717, 1.165) is 81.8 Å². The summed E-state index contributed by atoms with van der Waals surface area (Å²) in [5.41, 5.74) is 6.20. The second-order valence-corrected chi connectivity index (χ2v) is 17.7. The predicted octanol–water partition coefficient (Wildman–Crippen LogP) is 6.55. The Labute approximate surface area is 343 Å². The molecule has 0 radical (unpaired) electrons. The van der Waals surface area contributed by atoms with Gasteiger partial charge in [-0.2, -0.15) is 13.5 Å². The van der Waals surface area contributed by atoms with E-state index in [2.05, 4.69) is 53.0 Å². The van der Waals surface area contributed by atoms with E-state index in [1.165, 1.54) is 22.3 Å². The molecule has 3 aromatic carbocycles. The number of halogens is 1. The zero-order valence-electron chi connectivity index (χ0n) is 33.8. The number of methoxy groups -OCH3 is 2. The molecule has 0 N–H and O–H groups in total. The third-order valence-corrected chi connectivity index (χ3v) is 13.2.